The highest BCUT2D eigenvalue weighted by Crippen LogP contribution is 2.45. The van der Waals surface area contributed by atoms with Crippen molar-refractivity contribution in [1.82, 2.24) is 39.5 Å². The van der Waals surface area contributed by atoms with E-state index in [4.69, 9.17) is 9.47 Å². The molecule has 1 aromatic carbocycles. The first-order chi connectivity index (χ1) is 19.2. The number of hydrogen-bond donors (Lipinski definition) is 1. The Morgan fingerprint density at radius 3 is 2.48 bits per heavy atom. The fourth-order valence-corrected chi connectivity index (χ4v) is 4.48. The number of H-pyrrole nitrogens is 1. The van der Waals surface area contributed by atoms with E-state index >= 15 is 0 Å². The van der Waals surface area contributed by atoms with Crippen molar-refractivity contribution in [2.45, 2.75) is 51.4 Å². The van der Waals surface area contributed by atoms with Gasteiger partial charge in [-0.15, -0.1) is 0 Å². The molecule has 1 fully saturated rings. The molecule has 206 valence electrons. The first kappa shape index (κ1) is 25.7. The summed E-state index contributed by atoms with van der Waals surface area (Å²) in [5.74, 6) is 1.57. The van der Waals surface area contributed by atoms with Crippen molar-refractivity contribution in [2.75, 3.05) is 7.11 Å². The van der Waals surface area contributed by atoms with E-state index in [9.17, 15) is 13.2 Å². The Bertz CT molecular complexity index is 1670. The Labute approximate surface area is 226 Å². The first-order valence-electron chi connectivity index (χ1n) is 12.7. The molecule has 5 aromatic rings. The van der Waals surface area contributed by atoms with Crippen LogP contribution in [0.25, 0.3) is 33.9 Å². The molecule has 1 N–H and O–H groups in total. The van der Waals surface area contributed by atoms with Gasteiger partial charge in [-0.3, -0.25) is 0 Å². The lowest BCUT2D eigenvalue weighted by atomic mass is 10.1. The molecule has 0 radical (unpaired) electrons. The van der Waals surface area contributed by atoms with Crippen LogP contribution in [0.2, 0.25) is 0 Å². The van der Waals surface area contributed by atoms with Crippen LogP contribution in [0, 0.1) is 0 Å². The van der Waals surface area contributed by atoms with Gasteiger partial charge in [0.05, 0.1) is 19.1 Å². The summed E-state index contributed by atoms with van der Waals surface area (Å²) in [5.41, 5.74) is 2.83. The van der Waals surface area contributed by atoms with Gasteiger partial charge in [-0.2, -0.15) is 18.2 Å². The number of nitrogens with one attached hydrogen (secondary N) is 1. The number of nitrogens with zero attached hydrogens (tertiary/aromatic N) is 7. The molecule has 4 aromatic heterocycles. The molecule has 13 heteroatoms. The third-order valence-corrected chi connectivity index (χ3v) is 6.64. The SMILES string of the molecule is COc1ncnc(C2CC2)c1-c1nc(OCc2ccc(-c3nc(C(F)(F)F)cn3C(C)C)cc2)c2[nH]cnc2n1. The molecule has 0 bridgehead atoms. The molecule has 6 rings (SSSR count). The van der Waals surface area contributed by atoms with Gasteiger partial charge in [0.1, 0.15) is 29.8 Å². The van der Waals surface area contributed by atoms with E-state index in [1.165, 1.54) is 24.3 Å². The second-order valence-electron chi connectivity index (χ2n) is 9.81. The van der Waals surface area contributed by atoms with Crippen molar-refractivity contribution in [1.29, 1.82) is 0 Å². The quantitative estimate of drug-likeness (QED) is 0.260. The lowest BCUT2D eigenvalue weighted by molar-refractivity contribution is -0.140. The molecular weight excluding hydrogens is 525 g/mol. The normalized spacial score (nSPS) is 13.8. The van der Waals surface area contributed by atoms with Crippen LogP contribution < -0.4 is 9.47 Å². The highest BCUT2D eigenvalue weighted by molar-refractivity contribution is 5.79. The van der Waals surface area contributed by atoms with Crippen LogP contribution in [0.3, 0.4) is 0 Å². The molecule has 0 unspecified atom stereocenters. The summed E-state index contributed by atoms with van der Waals surface area (Å²) in [6.07, 6.45) is 1.55. The number of alkyl halides is 3. The summed E-state index contributed by atoms with van der Waals surface area (Å²) < 4.78 is 53.0. The largest absolute Gasteiger partial charge is 0.480 e. The van der Waals surface area contributed by atoms with Crippen molar-refractivity contribution in [3.05, 3.63) is 60.1 Å². The van der Waals surface area contributed by atoms with Crippen LogP contribution in [0.1, 0.15) is 55.6 Å². The van der Waals surface area contributed by atoms with Crippen LogP contribution in [-0.4, -0.2) is 46.6 Å². The van der Waals surface area contributed by atoms with Crippen molar-refractivity contribution >= 4 is 11.2 Å². The number of fused-ring (bicyclic) bond motifs is 1. The topological polar surface area (TPSA) is 117 Å². The summed E-state index contributed by atoms with van der Waals surface area (Å²) in [6, 6.07) is 6.83. The summed E-state index contributed by atoms with van der Waals surface area (Å²) >= 11 is 0. The van der Waals surface area contributed by atoms with Crippen LogP contribution >= 0.6 is 0 Å². The monoisotopic (exact) mass is 550 g/mol. The lowest BCUT2D eigenvalue weighted by Gasteiger charge is -2.13. The van der Waals surface area contributed by atoms with Gasteiger partial charge in [0, 0.05) is 23.7 Å². The van der Waals surface area contributed by atoms with Gasteiger partial charge in [-0.05, 0) is 32.3 Å². The average Bonchev–Trinajstić information content (AvgIpc) is 3.48. The van der Waals surface area contributed by atoms with Crippen LogP contribution in [0.15, 0.2) is 43.1 Å². The fraction of sp³-hybridized carbons (Fsp3) is 0.333. The van der Waals surface area contributed by atoms with Crippen LogP contribution in [-0.2, 0) is 12.8 Å². The maximum absolute atomic E-state index is 13.3. The molecule has 0 aliphatic heterocycles. The number of aromatic amines is 1. The smallest absolute Gasteiger partial charge is 0.434 e. The molecule has 0 spiro atoms. The Kier molecular flexibility index (Phi) is 6.35. The Hall–Kier alpha value is -4.55. The van der Waals surface area contributed by atoms with E-state index in [1.807, 2.05) is 13.8 Å². The highest BCUT2D eigenvalue weighted by atomic mass is 19.4. The van der Waals surface area contributed by atoms with E-state index in [-0.39, 0.29) is 18.5 Å². The zero-order chi connectivity index (χ0) is 28.0. The van der Waals surface area contributed by atoms with Crippen LogP contribution in [0.5, 0.6) is 11.8 Å². The van der Waals surface area contributed by atoms with E-state index in [0.717, 1.165) is 30.3 Å². The second kappa shape index (κ2) is 9.88. The standard InChI is InChI=1S/C27H25F3N8O2/c1-14(2)38-10-18(27(28,29)30)35-24(38)17-6-4-15(5-7-17)11-40-26-21-23(33-12-32-21)36-22(37-26)19-20(16-8-9-16)31-13-34-25(19)39-3/h4-7,10,12-14,16H,8-9,11H2,1-3H3,(H,32,33,36,37). The molecular formula is C27H25F3N8O2. The number of hydrogen-bond acceptors (Lipinski definition) is 8. The predicted molar refractivity (Wildman–Crippen MR) is 139 cm³/mol. The number of benzene rings is 1. The molecule has 0 amide bonds. The minimum atomic E-state index is -4.52. The molecule has 0 atom stereocenters. The molecule has 1 aliphatic carbocycles. The van der Waals surface area contributed by atoms with Gasteiger partial charge < -0.3 is 19.0 Å². The van der Waals surface area contributed by atoms with E-state index in [1.54, 1.807) is 24.3 Å². The summed E-state index contributed by atoms with van der Waals surface area (Å²) in [7, 11) is 1.54. The van der Waals surface area contributed by atoms with Crippen molar-refractivity contribution in [3.63, 3.8) is 0 Å². The predicted octanol–water partition coefficient (Wildman–Crippen LogP) is 5.74. The van der Waals surface area contributed by atoms with Crippen molar-refractivity contribution < 1.29 is 22.6 Å². The Morgan fingerprint density at radius 2 is 1.80 bits per heavy atom. The highest BCUT2D eigenvalue weighted by Gasteiger charge is 2.35. The third kappa shape index (κ3) is 4.82. The number of ether oxygens (including phenoxy) is 2. The van der Waals surface area contributed by atoms with Gasteiger partial charge in [-0.25, -0.2) is 24.9 Å². The molecule has 0 saturated heterocycles. The number of halogens is 3. The van der Waals surface area contributed by atoms with Gasteiger partial charge >= 0.3 is 6.18 Å². The number of aromatic nitrogens is 8. The minimum Gasteiger partial charge on any atom is -0.480 e. The second-order valence-corrected chi connectivity index (χ2v) is 9.81. The Morgan fingerprint density at radius 1 is 1.02 bits per heavy atom. The van der Waals surface area contributed by atoms with Gasteiger partial charge in [0.25, 0.3) is 0 Å². The van der Waals surface area contributed by atoms with Gasteiger partial charge in [0.2, 0.25) is 11.8 Å². The number of imidazole rings is 2. The van der Waals surface area contributed by atoms with E-state index in [0.29, 0.717) is 45.8 Å². The number of rotatable bonds is 8. The molecule has 10 nitrogen and oxygen atoms in total. The van der Waals surface area contributed by atoms with E-state index in [2.05, 4.69) is 34.9 Å². The lowest BCUT2D eigenvalue weighted by Crippen LogP contribution is -2.05. The van der Waals surface area contributed by atoms with Crippen molar-refractivity contribution in [3.8, 4) is 34.5 Å². The molecule has 4 heterocycles. The minimum absolute atomic E-state index is 0.148. The van der Waals surface area contributed by atoms with E-state index < -0.39 is 11.9 Å². The van der Waals surface area contributed by atoms with Gasteiger partial charge in [-0.1, -0.05) is 24.3 Å². The van der Waals surface area contributed by atoms with Gasteiger partial charge in [0.15, 0.2) is 17.2 Å². The zero-order valence-electron chi connectivity index (χ0n) is 21.9. The molecule has 40 heavy (non-hydrogen) atoms. The summed E-state index contributed by atoms with van der Waals surface area (Å²) in [4.78, 5) is 29.2. The van der Waals surface area contributed by atoms with Crippen LogP contribution in [0.4, 0.5) is 13.2 Å². The number of methoxy groups -OCH3 is 1. The first-order valence-corrected chi connectivity index (χ1v) is 12.7. The Balaban J connectivity index is 1.29. The molecule has 1 aliphatic rings. The third-order valence-electron chi connectivity index (χ3n) is 6.64. The maximum atomic E-state index is 13.3. The van der Waals surface area contributed by atoms with Crippen molar-refractivity contribution in [2.24, 2.45) is 0 Å². The zero-order valence-corrected chi connectivity index (χ0v) is 21.9. The summed E-state index contributed by atoms with van der Waals surface area (Å²) in [5, 5.41) is 0. The fourth-order valence-electron chi connectivity index (χ4n) is 4.48. The average molecular weight is 551 g/mol. The molecule has 1 saturated carbocycles. The maximum Gasteiger partial charge on any atom is 0.434 e. The summed E-state index contributed by atoms with van der Waals surface area (Å²) in [6.45, 7) is 3.77.